The molecule has 0 aliphatic heterocycles. The Kier molecular flexibility index (Phi) is 4.98. The molecular weight excluding hydrogens is 258 g/mol. The van der Waals surface area contributed by atoms with E-state index in [2.05, 4.69) is 65.1 Å². The third-order valence-corrected chi connectivity index (χ3v) is 4.53. The van der Waals surface area contributed by atoms with Crippen molar-refractivity contribution in [1.29, 1.82) is 0 Å². The highest BCUT2D eigenvalue weighted by atomic mass is 16.5. The van der Waals surface area contributed by atoms with Crippen molar-refractivity contribution in [1.82, 2.24) is 5.32 Å². The van der Waals surface area contributed by atoms with Crippen LogP contribution in [0.5, 0.6) is 5.75 Å². The van der Waals surface area contributed by atoms with Crippen LogP contribution in [0.3, 0.4) is 0 Å². The molecular formula is C19H31NO. The predicted molar refractivity (Wildman–Crippen MR) is 89.7 cm³/mol. The van der Waals surface area contributed by atoms with Crippen molar-refractivity contribution in [3.63, 3.8) is 0 Å². The molecule has 0 saturated heterocycles. The Hall–Kier alpha value is -1.02. The molecule has 1 aromatic carbocycles. The van der Waals surface area contributed by atoms with Crippen LogP contribution >= 0.6 is 0 Å². The normalized spacial score (nSPS) is 26.0. The van der Waals surface area contributed by atoms with Crippen LogP contribution in [0.1, 0.15) is 66.0 Å². The van der Waals surface area contributed by atoms with Gasteiger partial charge in [-0.2, -0.15) is 0 Å². The molecule has 21 heavy (non-hydrogen) atoms. The molecule has 3 unspecified atom stereocenters. The first-order chi connectivity index (χ1) is 9.77. The van der Waals surface area contributed by atoms with Gasteiger partial charge in [-0.05, 0) is 62.6 Å². The van der Waals surface area contributed by atoms with E-state index in [9.17, 15) is 0 Å². The van der Waals surface area contributed by atoms with E-state index >= 15 is 0 Å². The lowest BCUT2D eigenvalue weighted by Gasteiger charge is -2.24. The third-order valence-electron chi connectivity index (χ3n) is 4.53. The number of ether oxygens (including phenoxy) is 1. The summed E-state index contributed by atoms with van der Waals surface area (Å²) < 4.78 is 5.80. The second kappa shape index (κ2) is 6.39. The minimum atomic E-state index is 0.221. The Morgan fingerprint density at radius 3 is 2.48 bits per heavy atom. The van der Waals surface area contributed by atoms with Crippen LogP contribution in [-0.2, 0) is 0 Å². The summed E-state index contributed by atoms with van der Waals surface area (Å²) in [5, 5.41) is 3.83. The molecule has 0 spiro atoms. The Labute approximate surface area is 130 Å². The SMILES string of the molecule is CC(C)Oc1cccc(C(C)NC2CC(C)(C)CC2C)c1. The lowest BCUT2D eigenvalue weighted by Crippen LogP contribution is -2.33. The minimum absolute atomic E-state index is 0.221. The van der Waals surface area contributed by atoms with Gasteiger partial charge >= 0.3 is 0 Å². The van der Waals surface area contributed by atoms with Crippen LogP contribution < -0.4 is 10.1 Å². The van der Waals surface area contributed by atoms with Gasteiger partial charge in [0, 0.05) is 12.1 Å². The van der Waals surface area contributed by atoms with Crippen LogP contribution in [-0.4, -0.2) is 12.1 Å². The fraction of sp³-hybridized carbons (Fsp3) is 0.684. The summed E-state index contributed by atoms with van der Waals surface area (Å²) in [5.41, 5.74) is 1.78. The quantitative estimate of drug-likeness (QED) is 0.828. The first-order valence-electron chi connectivity index (χ1n) is 8.29. The molecule has 1 aliphatic carbocycles. The third kappa shape index (κ3) is 4.47. The van der Waals surface area contributed by atoms with Gasteiger partial charge in [-0.15, -0.1) is 0 Å². The van der Waals surface area contributed by atoms with E-state index in [4.69, 9.17) is 4.74 Å². The molecule has 0 amide bonds. The average Bonchev–Trinajstić information content (AvgIpc) is 2.61. The van der Waals surface area contributed by atoms with Crippen LogP contribution in [0.4, 0.5) is 0 Å². The summed E-state index contributed by atoms with van der Waals surface area (Å²) in [7, 11) is 0. The topological polar surface area (TPSA) is 21.3 Å². The Balaban J connectivity index is 2.02. The highest BCUT2D eigenvalue weighted by Crippen LogP contribution is 2.41. The second-order valence-corrected chi connectivity index (χ2v) is 7.78. The van der Waals surface area contributed by atoms with E-state index in [1.165, 1.54) is 18.4 Å². The molecule has 2 nitrogen and oxygen atoms in total. The van der Waals surface area contributed by atoms with Crippen molar-refractivity contribution >= 4 is 0 Å². The molecule has 1 aliphatic rings. The summed E-state index contributed by atoms with van der Waals surface area (Å²) in [4.78, 5) is 0. The highest BCUT2D eigenvalue weighted by molar-refractivity contribution is 5.30. The van der Waals surface area contributed by atoms with E-state index in [1.54, 1.807) is 0 Å². The van der Waals surface area contributed by atoms with Crippen molar-refractivity contribution < 1.29 is 4.74 Å². The zero-order valence-electron chi connectivity index (χ0n) is 14.4. The minimum Gasteiger partial charge on any atom is -0.491 e. The zero-order chi connectivity index (χ0) is 15.6. The average molecular weight is 289 g/mol. The Morgan fingerprint density at radius 1 is 1.19 bits per heavy atom. The van der Waals surface area contributed by atoms with Crippen LogP contribution in [0.25, 0.3) is 0 Å². The van der Waals surface area contributed by atoms with Gasteiger partial charge in [0.25, 0.3) is 0 Å². The zero-order valence-corrected chi connectivity index (χ0v) is 14.4. The van der Waals surface area contributed by atoms with Crippen molar-refractivity contribution in [3.05, 3.63) is 29.8 Å². The highest BCUT2D eigenvalue weighted by Gasteiger charge is 2.37. The Morgan fingerprint density at radius 2 is 1.90 bits per heavy atom. The van der Waals surface area contributed by atoms with Gasteiger partial charge in [0.05, 0.1) is 6.10 Å². The number of nitrogens with one attached hydrogen (secondary N) is 1. The molecule has 118 valence electrons. The first kappa shape index (κ1) is 16.4. The number of hydrogen-bond donors (Lipinski definition) is 1. The van der Waals surface area contributed by atoms with Crippen molar-refractivity contribution in [2.24, 2.45) is 11.3 Å². The summed E-state index contributed by atoms with van der Waals surface area (Å²) in [5.74, 6) is 1.72. The lowest BCUT2D eigenvalue weighted by molar-refractivity contribution is 0.242. The molecule has 2 rings (SSSR count). The fourth-order valence-corrected chi connectivity index (χ4v) is 3.66. The molecule has 2 heteroatoms. The van der Waals surface area contributed by atoms with Gasteiger partial charge < -0.3 is 10.1 Å². The number of rotatable bonds is 5. The molecule has 1 fully saturated rings. The maximum Gasteiger partial charge on any atom is 0.120 e. The fourth-order valence-electron chi connectivity index (χ4n) is 3.66. The molecule has 0 aromatic heterocycles. The lowest BCUT2D eigenvalue weighted by atomic mass is 9.91. The molecule has 0 radical (unpaired) electrons. The second-order valence-electron chi connectivity index (χ2n) is 7.78. The van der Waals surface area contributed by atoms with Gasteiger partial charge in [0.1, 0.15) is 5.75 Å². The molecule has 0 bridgehead atoms. The first-order valence-corrected chi connectivity index (χ1v) is 8.29. The van der Waals surface area contributed by atoms with Gasteiger partial charge in [0.15, 0.2) is 0 Å². The molecule has 1 saturated carbocycles. The maximum atomic E-state index is 5.80. The summed E-state index contributed by atoms with van der Waals surface area (Å²) >= 11 is 0. The van der Waals surface area contributed by atoms with E-state index in [1.807, 2.05) is 6.07 Å². The maximum absolute atomic E-state index is 5.80. The monoisotopic (exact) mass is 289 g/mol. The van der Waals surface area contributed by atoms with Crippen molar-refractivity contribution in [2.45, 2.75) is 72.6 Å². The predicted octanol–water partition coefficient (Wildman–Crippen LogP) is 4.95. The van der Waals surface area contributed by atoms with Crippen molar-refractivity contribution in [2.75, 3.05) is 0 Å². The van der Waals surface area contributed by atoms with Crippen LogP contribution in [0, 0.1) is 11.3 Å². The number of benzene rings is 1. The smallest absolute Gasteiger partial charge is 0.120 e. The summed E-state index contributed by atoms with van der Waals surface area (Å²) in [6, 6.07) is 9.47. The molecule has 1 N–H and O–H groups in total. The Bertz CT molecular complexity index is 466. The van der Waals surface area contributed by atoms with Gasteiger partial charge in [-0.3, -0.25) is 0 Å². The number of hydrogen-bond acceptors (Lipinski definition) is 2. The van der Waals surface area contributed by atoms with Gasteiger partial charge in [-0.1, -0.05) is 32.9 Å². The largest absolute Gasteiger partial charge is 0.491 e. The molecule has 1 aromatic rings. The van der Waals surface area contributed by atoms with Gasteiger partial charge in [0.2, 0.25) is 0 Å². The van der Waals surface area contributed by atoms with E-state index in [-0.39, 0.29) is 6.10 Å². The van der Waals surface area contributed by atoms with Crippen LogP contribution in [0.2, 0.25) is 0 Å². The standard InChI is InChI=1S/C19H31NO/c1-13(2)21-17-9-7-8-16(10-17)15(4)20-18-12-19(5,6)11-14(18)3/h7-10,13-15,18,20H,11-12H2,1-6H3. The van der Waals surface area contributed by atoms with E-state index in [0.29, 0.717) is 17.5 Å². The van der Waals surface area contributed by atoms with Crippen LogP contribution in [0.15, 0.2) is 24.3 Å². The molecule has 3 atom stereocenters. The van der Waals surface area contributed by atoms with Crippen molar-refractivity contribution in [3.8, 4) is 5.75 Å². The van der Waals surface area contributed by atoms with E-state index in [0.717, 1.165) is 11.7 Å². The summed E-state index contributed by atoms with van der Waals surface area (Å²) in [6.45, 7) is 13.5. The molecule has 0 heterocycles. The summed E-state index contributed by atoms with van der Waals surface area (Å²) in [6.07, 6.45) is 2.80. The van der Waals surface area contributed by atoms with E-state index < -0.39 is 0 Å². The van der Waals surface area contributed by atoms with Gasteiger partial charge in [-0.25, -0.2) is 0 Å².